The van der Waals surface area contributed by atoms with E-state index in [1.165, 1.54) is 0 Å². The Morgan fingerprint density at radius 1 is 1.58 bits per heavy atom. The molecule has 0 saturated carbocycles. The number of nitro groups is 1. The van der Waals surface area contributed by atoms with E-state index < -0.39 is 10.7 Å². The Morgan fingerprint density at radius 3 is 2.84 bits per heavy atom. The Balaban J connectivity index is 2.81. The minimum absolute atomic E-state index is 0.00233. The zero-order valence-corrected chi connectivity index (χ0v) is 11.3. The molecular weight excluding hydrogens is 275 g/mol. The lowest BCUT2D eigenvalue weighted by molar-refractivity contribution is -0.384. The van der Waals surface area contributed by atoms with E-state index in [9.17, 15) is 14.5 Å². The van der Waals surface area contributed by atoms with Gasteiger partial charge in [0.05, 0.1) is 4.92 Å². The minimum atomic E-state index is -0.697. The van der Waals surface area contributed by atoms with Crippen LogP contribution in [0.15, 0.2) is 12.1 Å². The molecule has 0 aliphatic heterocycles. The third kappa shape index (κ3) is 4.33. The third-order valence-electron chi connectivity index (χ3n) is 2.75. The summed E-state index contributed by atoms with van der Waals surface area (Å²) >= 11 is 5.75. The number of nitrogens with zero attached hydrogens (tertiary/aromatic N) is 1. The molecule has 0 radical (unpaired) electrons. The first kappa shape index (κ1) is 15.7. The van der Waals surface area contributed by atoms with Gasteiger partial charge in [0.15, 0.2) is 0 Å². The molecule has 0 aromatic heterocycles. The number of hydrogen-bond acceptors (Lipinski definition) is 4. The van der Waals surface area contributed by atoms with Crippen LogP contribution in [0.2, 0.25) is 5.02 Å². The fourth-order valence-electron chi connectivity index (χ4n) is 1.68. The predicted octanol–water partition coefficient (Wildman–Crippen LogP) is 3.21. The Bertz CT molecular complexity index is 457. The normalized spacial score (nSPS) is 12.2. The number of nitro benzene ring substituents is 1. The summed E-state index contributed by atoms with van der Waals surface area (Å²) in [6, 6.07) is 2.06. The minimum Gasteiger partial charge on any atom is -0.396 e. The molecule has 0 saturated heterocycles. The molecule has 1 atom stereocenters. The number of rotatable bonds is 7. The van der Waals surface area contributed by atoms with Crippen LogP contribution in [0.4, 0.5) is 15.8 Å². The molecule has 1 rings (SSSR count). The van der Waals surface area contributed by atoms with Gasteiger partial charge in [0.1, 0.15) is 16.5 Å². The summed E-state index contributed by atoms with van der Waals surface area (Å²) in [5.41, 5.74) is -0.247. The summed E-state index contributed by atoms with van der Waals surface area (Å²) < 4.78 is 13.3. The molecule has 0 unspecified atom stereocenters. The van der Waals surface area contributed by atoms with E-state index >= 15 is 0 Å². The van der Waals surface area contributed by atoms with E-state index in [1.54, 1.807) is 0 Å². The van der Waals surface area contributed by atoms with Crippen molar-refractivity contribution in [2.75, 3.05) is 18.5 Å². The lowest BCUT2D eigenvalue weighted by atomic mass is 10.1. The summed E-state index contributed by atoms with van der Waals surface area (Å²) in [4.78, 5) is 10.2. The highest BCUT2D eigenvalue weighted by Crippen LogP contribution is 2.34. The molecule has 7 heteroatoms. The number of anilines is 1. The second kappa shape index (κ2) is 7.25. The van der Waals surface area contributed by atoms with Crippen LogP contribution in [0.3, 0.4) is 0 Å². The molecule has 1 aromatic rings. The number of aliphatic hydroxyl groups is 1. The van der Waals surface area contributed by atoms with Crippen LogP contribution in [0.1, 0.15) is 19.8 Å². The van der Waals surface area contributed by atoms with Crippen molar-refractivity contribution in [2.24, 2.45) is 5.92 Å². The van der Waals surface area contributed by atoms with Gasteiger partial charge in [-0.25, -0.2) is 4.39 Å². The molecule has 2 N–H and O–H groups in total. The van der Waals surface area contributed by atoms with Gasteiger partial charge in [-0.15, -0.1) is 0 Å². The number of halogens is 2. The molecule has 0 amide bonds. The van der Waals surface area contributed by atoms with Crippen LogP contribution in [-0.2, 0) is 0 Å². The Kier molecular flexibility index (Phi) is 5.98. The summed E-state index contributed by atoms with van der Waals surface area (Å²) in [7, 11) is 0. The predicted molar refractivity (Wildman–Crippen MR) is 72.0 cm³/mol. The number of benzene rings is 1. The molecule has 106 valence electrons. The van der Waals surface area contributed by atoms with Crippen LogP contribution < -0.4 is 5.32 Å². The van der Waals surface area contributed by atoms with E-state index in [1.807, 2.05) is 6.92 Å². The topological polar surface area (TPSA) is 75.4 Å². The standard InChI is InChI=1S/C12H16ClFN2O3/c1-8(3-2-6-17)7-15-12-10(16(18)19)5-4-9(14)11(12)13/h4-5,8,15,17H,2-3,6-7H2,1H3/t8-/m1/s1. The molecular formula is C12H16ClFN2O3. The highest BCUT2D eigenvalue weighted by molar-refractivity contribution is 6.33. The Morgan fingerprint density at radius 2 is 2.26 bits per heavy atom. The Labute approximate surface area is 115 Å². The first-order valence-electron chi connectivity index (χ1n) is 5.94. The summed E-state index contributed by atoms with van der Waals surface area (Å²) in [5.74, 6) is -0.510. The van der Waals surface area contributed by atoms with Crippen LogP contribution in [0.25, 0.3) is 0 Å². The maximum absolute atomic E-state index is 13.3. The molecule has 0 bridgehead atoms. The van der Waals surface area contributed by atoms with Gasteiger partial charge < -0.3 is 10.4 Å². The second-order valence-corrected chi connectivity index (χ2v) is 4.74. The quantitative estimate of drug-likeness (QED) is 0.597. The molecule has 5 nitrogen and oxygen atoms in total. The summed E-state index contributed by atoms with van der Waals surface area (Å²) in [6.45, 7) is 2.46. The fourth-order valence-corrected chi connectivity index (χ4v) is 1.91. The van der Waals surface area contributed by atoms with Crippen molar-refractivity contribution in [2.45, 2.75) is 19.8 Å². The average molecular weight is 291 g/mol. The third-order valence-corrected chi connectivity index (χ3v) is 3.12. The first-order chi connectivity index (χ1) is 8.97. The molecule has 0 spiro atoms. The monoisotopic (exact) mass is 290 g/mol. The number of hydrogen-bond donors (Lipinski definition) is 2. The van der Waals surface area contributed by atoms with Crippen LogP contribution in [0, 0.1) is 21.8 Å². The highest BCUT2D eigenvalue weighted by atomic mass is 35.5. The van der Waals surface area contributed by atoms with Crippen molar-refractivity contribution in [1.29, 1.82) is 0 Å². The van der Waals surface area contributed by atoms with Crippen LogP contribution in [-0.4, -0.2) is 23.2 Å². The van der Waals surface area contributed by atoms with Crippen molar-refractivity contribution in [3.05, 3.63) is 33.1 Å². The summed E-state index contributed by atoms with van der Waals surface area (Å²) in [6.07, 6.45) is 1.42. The first-order valence-corrected chi connectivity index (χ1v) is 6.32. The van der Waals surface area contributed by atoms with Crippen LogP contribution >= 0.6 is 11.6 Å². The molecule has 1 aromatic carbocycles. The van der Waals surface area contributed by atoms with Gasteiger partial charge in [0.25, 0.3) is 5.69 Å². The van der Waals surface area contributed by atoms with Gasteiger partial charge in [-0.2, -0.15) is 0 Å². The van der Waals surface area contributed by atoms with E-state index in [2.05, 4.69) is 5.32 Å². The average Bonchev–Trinajstić information content (AvgIpc) is 2.37. The molecule has 0 aliphatic carbocycles. The summed E-state index contributed by atoms with van der Waals surface area (Å²) in [5, 5.41) is 22.1. The van der Waals surface area contributed by atoms with E-state index in [-0.39, 0.29) is 28.9 Å². The van der Waals surface area contributed by atoms with Gasteiger partial charge in [0.2, 0.25) is 0 Å². The maximum atomic E-state index is 13.3. The second-order valence-electron chi connectivity index (χ2n) is 4.36. The number of aliphatic hydroxyl groups excluding tert-OH is 1. The zero-order chi connectivity index (χ0) is 14.4. The van der Waals surface area contributed by atoms with Crippen molar-refractivity contribution in [1.82, 2.24) is 0 Å². The van der Waals surface area contributed by atoms with Crippen molar-refractivity contribution in [3.8, 4) is 0 Å². The van der Waals surface area contributed by atoms with Gasteiger partial charge in [-0.3, -0.25) is 10.1 Å². The fraction of sp³-hybridized carbons (Fsp3) is 0.500. The van der Waals surface area contributed by atoms with Gasteiger partial charge in [-0.1, -0.05) is 18.5 Å². The van der Waals surface area contributed by atoms with Gasteiger partial charge in [-0.05, 0) is 24.8 Å². The van der Waals surface area contributed by atoms with E-state index in [0.717, 1.165) is 18.6 Å². The molecule has 0 aliphatic rings. The lowest BCUT2D eigenvalue weighted by Gasteiger charge is -2.14. The SMILES string of the molecule is C[C@H](CCCO)CNc1c([N+](=O)[O-])ccc(F)c1Cl. The molecule has 19 heavy (non-hydrogen) atoms. The van der Waals surface area contributed by atoms with Crippen molar-refractivity contribution in [3.63, 3.8) is 0 Å². The zero-order valence-electron chi connectivity index (χ0n) is 10.5. The number of nitrogens with one attached hydrogen (secondary N) is 1. The van der Waals surface area contributed by atoms with Gasteiger partial charge >= 0.3 is 0 Å². The highest BCUT2D eigenvalue weighted by Gasteiger charge is 2.20. The molecule has 0 fully saturated rings. The lowest BCUT2D eigenvalue weighted by Crippen LogP contribution is -2.13. The Hall–Kier alpha value is -1.40. The van der Waals surface area contributed by atoms with Gasteiger partial charge in [0, 0.05) is 19.2 Å². The largest absolute Gasteiger partial charge is 0.396 e. The van der Waals surface area contributed by atoms with Crippen molar-refractivity contribution < 1.29 is 14.4 Å². The smallest absolute Gasteiger partial charge is 0.294 e. The van der Waals surface area contributed by atoms with Crippen LogP contribution in [0.5, 0.6) is 0 Å². The van der Waals surface area contributed by atoms with E-state index in [0.29, 0.717) is 13.0 Å². The molecule has 0 heterocycles. The van der Waals surface area contributed by atoms with Crippen molar-refractivity contribution >= 4 is 23.0 Å². The maximum Gasteiger partial charge on any atom is 0.294 e. The van der Waals surface area contributed by atoms with E-state index in [4.69, 9.17) is 16.7 Å².